The quantitative estimate of drug-likeness (QED) is 0.501. The van der Waals surface area contributed by atoms with E-state index in [1.54, 1.807) is 24.3 Å². The van der Waals surface area contributed by atoms with Gasteiger partial charge in [0, 0.05) is 10.0 Å². The summed E-state index contributed by atoms with van der Waals surface area (Å²) in [4.78, 5) is 11.4. The number of carbonyl (C=O) groups is 1. The number of thiol groups is 1. The molecule has 0 N–H and O–H groups in total. The molecule has 0 unspecified atom stereocenters. The van der Waals surface area contributed by atoms with Gasteiger partial charge in [0.05, 0.1) is 0 Å². The predicted molar refractivity (Wildman–Crippen MR) is 61.9 cm³/mol. The molecule has 13 heavy (non-hydrogen) atoms. The molecule has 1 aromatic rings. The normalized spacial score (nSPS) is 11.4. The van der Waals surface area contributed by atoms with Crippen LogP contribution in [-0.2, 0) is 0 Å². The number of Topliss-reactive ketones (excluding diaryl/α,β-unsaturated/α-hetero) is 1. The average molecular weight is 300 g/mol. The van der Waals surface area contributed by atoms with Crippen molar-refractivity contribution in [2.45, 2.75) is 3.67 Å². The van der Waals surface area contributed by atoms with Gasteiger partial charge in [-0.05, 0) is 12.1 Å². The van der Waals surface area contributed by atoms with Gasteiger partial charge < -0.3 is 0 Å². The minimum absolute atomic E-state index is 0.424. The molecule has 0 bridgehead atoms. The summed E-state index contributed by atoms with van der Waals surface area (Å²) in [5, 5.41) is 0. The van der Waals surface area contributed by atoms with E-state index >= 15 is 0 Å². The Bertz CT molecular complexity index is 318. The topological polar surface area (TPSA) is 17.1 Å². The SMILES string of the molecule is O=C(c1ccc(Br)cc1)C(S)(Cl)Cl. The fraction of sp³-hybridized carbons (Fsp3) is 0.125. The number of hydrogen-bond acceptors (Lipinski definition) is 2. The van der Waals surface area contributed by atoms with E-state index in [4.69, 9.17) is 23.2 Å². The Kier molecular flexibility index (Phi) is 3.69. The molecule has 0 saturated carbocycles. The highest BCUT2D eigenvalue weighted by Gasteiger charge is 2.29. The summed E-state index contributed by atoms with van der Waals surface area (Å²) >= 11 is 18.1. The zero-order valence-corrected chi connectivity index (χ0v) is 10.3. The van der Waals surface area contributed by atoms with Crippen LogP contribution in [0.1, 0.15) is 10.4 Å². The number of ketones is 1. The van der Waals surface area contributed by atoms with Crippen molar-refractivity contribution in [1.82, 2.24) is 0 Å². The number of carbonyl (C=O) groups excluding carboxylic acids is 1. The maximum absolute atomic E-state index is 11.4. The van der Waals surface area contributed by atoms with E-state index in [9.17, 15) is 4.79 Å². The Labute approximate surface area is 100.0 Å². The fourth-order valence-electron chi connectivity index (χ4n) is 0.775. The molecule has 0 fully saturated rings. The fourth-order valence-corrected chi connectivity index (χ4v) is 1.39. The largest absolute Gasteiger partial charge is 0.290 e. The van der Waals surface area contributed by atoms with Crippen LogP contribution in [-0.4, -0.2) is 9.45 Å². The smallest absolute Gasteiger partial charge is 0.222 e. The van der Waals surface area contributed by atoms with Crippen molar-refractivity contribution in [1.29, 1.82) is 0 Å². The zero-order valence-electron chi connectivity index (χ0n) is 6.30. The monoisotopic (exact) mass is 298 g/mol. The number of benzene rings is 1. The summed E-state index contributed by atoms with van der Waals surface area (Å²) in [7, 11) is 0. The molecule has 1 aromatic carbocycles. The van der Waals surface area contributed by atoms with Crippen LogP contribution >= 0.6 is 51.8 Å². The standard InChI is InChI=1S/C8H5BrCl2OS/c9-6-3-1-5(2-4-6)7(12)8(10,11)13/h1-4,13H. The molecule has 0 spiro atoms. The molecule has 0 saturated heterocycles. The molecule has 70 valence electrons. The summed E-state index contributed by atoms with van der Waals surface area (Å²) in [6.45, 7) is 0. The second kappa shape index (κ2) is 4.22. The van der Waals surface area contributed by atoms with Crippen LogP contribution in [0.25, 0.3) is 0 Å². The van der Waals surface area contributed by atoms with Crippen LogP contribution in [0, 0.1) is 0 Å². The first-order valence-electron chi connectivity index (χ1n) is 3.32. The molecule has 5 heteroatoms. The third kappa shape index (κ3) is 3.17. The summed E-state index contributed by atoms with van der Waals surface area (Å²) in [6.07, 6.45) is 0. The first-order valence-corrected chi connectivity index (χ1v) is 5.31. The third-order valence-electron chi connectivity index (χ3n) is 1.38. The Hall–Kier alpha value is 0.300. The summed E-state index contributed by atoms with van der Waals surface area (Å²) in [5.41, 5.74) is 0.434. The molecule has 0 aliphatic carbocycles. The minimum atomic E-state index is -1.66. The molecule has 0 heterocycles. The van der Waals surface area contributed by atoms with Gasteiger partial charge >= 0.3 is 0 Å². The number of halogens is 3. The Morgan fingerprint density at radius 2 is 1.77 bits per heavy atom. The van der Waals surface area contributed by atoms with Crippen molar-refractivity contribution < 1.29 is 4.79 Å². The lowest BCUT2D eigenvalue weighted by molar-refractivity contribution is 0.0999. The van der Waals surface area contributed by atoms with Crippen LogP contribution in [0.2, 0.25) is 0 Å². The highest BCUT2D eigenvalue weighted by Crippen LogP contribution is 2.30. The highest BCUT2D eigenvalue weighted by molar-refractivity contribution is 9.10. The first kappa shape index (κ1) is 11.4. The lowest BCUT2D eigenvalue weighted by atomic mass is 10.1. The highest BCUT2D eigenvalue weighted by atomic mass is 79.9. The van der Waals surface area contributed by atoms with Crippen molar-refractivity contribution in [2.24, 2.45) is 0 Å². The molecule has 0 radical (unpaired) electrons. The maximum Gasteiger partial charge on any atom is 0.222 e. The number of hydrogen-bond donors (Lipinski definition) is 1. The second-order valence-electron chi connectivity index (χ2n) is 2.38. The van der Waals surface area contributed by atoms with Crippen molar-refractivity contribution in [3.63, 3.8) is 0 Å². The Morgan fingerprint density at radius 3 is 2.15 bits per heavy atom. The van der Waals surface area contributed by atoms with Gasteiger partial charge in [-0.3, -0.25) is 4.79 Å². The maximum atomic E-state index is 11.4. The van der Waals surface area contributed by atoms with E-state index in [1.807, 2.05) is 0 Å². The van der Waals surface area contributed by atoms with Gasteiger partial charge in [0.1, 0.15) is 0 Å². The van der Waals surface area contributed by atoms with Crippen LogP contribution < -0.4 is 0 Å². The van der Waals surface area contributed by atoms with Crippen molar-refractivity contribution in [2.75, 3.05) is 0 Å². The molecule has 0 aliphatic heterocycles. The van der Waals surface area contributed by atoms with Crippen molar-refractivity contribution in [3.05, 3.63) is 34.3 Å². The lowest BCUT2D eigenvalue weighted by Crippen LogP contribution is -2.18. The van der Waals surface area contributed by atoms with Gasteiger partial charge in [-0.15, -0.1) is 12.6 Å². The molecule has 0 amide bonds. The molecular weight excluding hydrogens is 295 g/mol. The molecule has 1 rings (SSSR count). The number of alkyl halides is 2. The van der Waals surface area contributed by atoms with Gasteiger partial charge in [-0.25, -0.2) is 0 Å². The molecule has 0 aromatic heterocycles. The summed E-state index contributed by atoms with van der Waals surface area (Å²) < 4.78 is -0.772. The Morgan fingerprint density at radius 1 is 1.31 bits per heavy atom. The first-order chi connectivity index (χ1) is 5.91. The van der Waals surface area contributed by atoms with Gasteiger partial charge in [-0.1, -0.05) is 51.3 Å². The number of rotatable bonds is 2. The van der Waals surface area contributed by atoms with E-state index in [2.05, 4.69) is 28.6 Å². The van der Waals surface area contributed by atoms with Crippen LogP contribution in [0.15, 0.2) is 28.7 Å². The van der Waals surface area contributed by atoms with Crippen LogP contribution in [0.5, 0.6) is 0 Å². The Balaban J connectivity index is 2.97. The third-order valence-corrected chi connectivity index (χ3v) is 2.45. The van der Waals surface area contributed by atoms with Crippen LogP contribution in [0.3, 0.4) is 0 Å². The van der Waals surface area contributed by atoms with E-state index in [0.717, 1.165) is 4.47 Å². The summed E-state index contributed by atoms with van der Waals surface area (Å²) in [5.74, 6) is -0.424. The molecule has 0 aliphatic rings. The molecular formula is C8H5BrCl2OS. The summed E-state index contributed by atoms with van der Waals surface area (Å²) in [6, 6.07) is 6.73. The lowest BCUT2D eigenvalue weighted by Gasteiger charge is -2.10. The van der Waals surface area contributed by atoms with Crippen molar-refractivity contribution in [3.8, 4) is 0 Å². The van der Waals surface area contributed by atoms with E-state index in [1.165, 1.54) is 0 Å². The van der Waals surface area contributed by atoms with Crippen LogP contribution in [0.4, 0.5) is 0 Å². The van der Waals surface area contributed by atoms with Gasteiger partial charge in [0.15, 0.2) is 0 Å². The molecule has 1 nitrogen and oxygen atoms in total. The van der Waals surface area contributed by atoms with Gasteiger partial charge in [-0.2, -0.15) is 0 Å². The zero-order chi connectivity index (χ0) is 10.1. The van der Waals surface area contributed by atoms with E-state index in [0.29, 0.717) is 5.56 Å². The van der Waals surface area contributed by atoms with E-state index in [-0.39, 0.29) is 0 Å². The van der Waals surface area contributed by atoms with E-state index < -0.39 is 9.45 Å². The van der Waals surface area contributed by atoms with Gasteiger partial charge in [0.2, 0.25) is 9.45 Å². The average Bonchev–Trinajstić information content (AvgIpc) is 2.03. The van der Waals surface area contributed by atoms with Crippen molar-refractivity contribution >= 4 is 57.5 Å². The minimum Gasteiger partial charge on any atom is -0.290 e. The predicted octanol–water partition coefficient (Wildman–Crippen LogP) is 3.69. The molecule has 0 atom stereocenters. The van der Waals surface area contributed by atoms with Gasteiger partial charge in [0.25, 0.3) is 0 Å². The second-order valence-corrected chi connectivity index (χ2v) is 5.82.